The molecule has 122 valence electrons. The van der Waals surface area contributed by atoms with Crippen LogP contribution in [-0.2, 0) is 18.4 Å². The van der Waals surface area contributed by atoms with Crippen LogP contribution in [0.2, 0.25) is 0 Å². The topological polar surface area (TPSA) is 111 Å². The number of nitrogens with zero attached hydrogens (tertiary/aromatic N) is 4. The Morgan fingerprint density at radius 3 is 2.67 bits per heavy atom. The lowest BCUT2D eigenvalue weighted by atomic mass is 10.2. The second-order valence-corrected chi connectivity index (χ2v) is 5.05. The minimum absolute atomic E-state index is 0.272. The van der Waals surface area contributed by atoms with Crippen molar-refractivity contribution in [2.45, 2.75) is 6.54 Å². The number of rotatable bonds is 3. The molecule has 2 aromatic heterocycles. The summed E-state index contributed by atoms with van der Waals surface area (Å²) in [6.07, 6.45) is 2.67. The number of carbonyl (C=O) groups is 2. The number of benzene rings is 1. The zero-order chi connectivity index (χ0) is 17.1. The number of amides is 2. The first-order chi connectivity index (χ1) is 11.6. The van der Waals surface area contributed by atoms with Crippen molar-refractivity contribution in [3.8, 4) is 0 Å². The molecule has 0 saturated carbocycles. The highest BCUT2D eigenvalue weighted by Gasteiger charge is 2.11. The number of aromatic nitrogens is 4. The third-order valence-corrected chi connectivity index (χ3v) is 3.38. The Balaban J connectivity index is 1.66. The SMILES string of the molecule is Cn1ncc2c(=O)n(CC(=O)NNC(=O)c3ccccc3)cnc21. The first kappa shape index (κ1) is 15.4. The van der Waals surface area contributed by atoms with Crippen molar-refractivity contribution in [2.24, 2.45) is 7.05 Å². The summed E-state index contributed by atoms with van der Waals surface area (Å²) in [5, 5.41) is 4.27. The molecule has 2 amide bonds. The van der Waals surface area contributed by atoms with E-state index in [0.29, 0.717) is 16.6 Å². The van der Waals surface area contributed by atoms with Crippen molar-refractivity contribution in [3.05, 3.63) is 58.8 Å². The van der Waals surface area contributed by atoms with Crippen LogP contribution in [0.15, 0.2) is 47.7 Å². The van der Waals surface area contributed by atoms with Gasteiger partial charge in [-0.15, -0.1) is 0 Å². The second-order valence-electron chi connectivity index (χ2n) is 5.05. The van der Waals surface area contributed by atoms with Gasteiger partial charge in [0.1, 0.15) is 18.3 Å². The molecular weight excluding hydrogens is 312 g/mol. The monoisotopic (exact) mass is 326 g/mol. The van der Waals surface area contributed by atoms with E-state index in [4.69, 9.17) is 0 Å². The first-order valence-electron chi connectivity index (χ1n) is 7.07. The van der Waals surface area contributed by atoms with Gasteiger partial charge in [0.05, 0.1) is 6.20 Å². The molecule has 0 aliphatic carbocycles. The number of carbonyl (C=O) groups excluding carboxylic acids is 2. The van der Waals surface area contributed by atoms with Gasteiger partial charge in [0.2, 0.25) is 0 Å². The molecule has 0 atom stereocenters. The van der Waals surface area contributed by atoms with Crippen molar-refractivity contribution in [1.82, 2.24) is 30.2 Å². The predicted molar refractivity (Wildman–Crippen MR) is 84.8 cm³/mol. The quantitative estimate of drug-likeness (QED) is 0.636. The van der Waals surface area contributed by atoms with Crippen LogP contribution < -0.4 is 16.4 Å². The molecule has 0 aliphatic rings. The third-order valence-electron chi connectivity index (χ3n) is 3.38. The van der Waals surface area contributed by atoms with Crippen molar-refractivity contribution < 1.29 is 9.59 Å². The normalized spacial score (nSPS) is 10.5. The Hall–Kier alpha value is -3.49. The van der Waals surface area contributed by atoms with E-state index in [1.807, 2.05) is 0 Å². The number of aryl methyl sites for hydroxylation is 1. The molecule has 0 aliphatic heterocycles. The summed E-state index contributed by atoms with van der Waals surface area (Å²) >= 11 is 0. The smallest absolute Gasteiger partial charge is 0.269 e. The average Bonchev–Trinajstić information content (AvgIpc) is 2.98. The summed E-state index contributed by atoms with van der Waals surface area (Å²) in [4.78, 5) is 40.1. The van der Waals surface area contributed by atoms with E-state index in [9.17, 15) is 14.4 Å². The van der Waals surface area contributed by atoms with E-state index in [0.717, 1.165) is 4.57 Å². The van der Waals surface area contributed by atoms with E-state index >= 15 is 0 Å². The number of hydrazine groups is 1. The molecule has 0 unspecified atom stereocenters. The number of nitrogens with one attached hydrogen (secondary N) is 2. The molecule has 9 heteroatoms. The third kappa shape index (κ3) is 3.00. The zero-order valence-electron chi connectivity index (χ0n) is 12.8. The van der Waals surface area contributed by atoms with Gasteiger partial charge in [-0.05, 0) is 12.1 Å². The maximum Gasteiger partial charge on any atom is 0.269 e. The predicted octanol–water partition coefficient (Wildman–Crippen LogP) is -0.409. The van der Waals surface area contributed by atoms with Crippen LogP contribution in [0, 0.1) is 0 Å². The Bertz CT molecular complexity index is 960. The van der Waals surface area contributed by atoms with E-state index in [1.54, 1.807) is 37.4 Å². The molecule has 0 spiro atoms. The maximum absolute atomic E-state index is 12.2. The lowest BCUT2D eigenvalue weighted by molar-refractivity contribution is -0.122. The summed E-state index contributed by atoms with van der Waals surface area (Å²) in [7, 11) is 1.67. The summed E-state index contributed by atoms with van der Waals surface area (Å²) in [6.45, 7) is -0.272. The fourth-order valence-corrected chi connectivity index (χ4v) is 2.16. The average molecular weight is 326 g/mol. The standard InChI is InChI=1S/C15H14N6O3/c1-20-13-11(7-17-20)15(24)21(9-16-13)8-12(22)18-19-14(23)10-5-3-2-4-6-10/h2-7,9H,8H2,1H3,(H,18,22)(H,19,23). The van der Waals surface area contributed by atoms with Crippen LogP contribution in [0.5, 0.6) is 0 Å². The number of hydrogen-bond donors (Lipinski definition) is 2. The summed E-state index contributed by atoms with van der Waals surface area (Å²) in [5.74, 6) is -0.997. The highest BCUT2D eigenvalue weighted by molar-refractivity contribution is 5.95. The molecule has 0 saturated heterocycles. The largest absolute Gasteiger partial charge is 0.289 e. The van der Waals surface area contributed by atoms with Crippen LogP contribution in [-0.4, -0.2) is 31.1 Å². The van der Waals surface area contributed by atoms with Crippen LogP contribution >= 0.6 is 0 Å². The van der Waals surface area contributed by atoms with Crippen LogP contribution in [0.4, 0.5) is 0 Å². The van der Waals surface area contributed by atoms with Crippen molar-refractivity contribution in [3.63, 3.8) is 0 Å². The van der Waals surface area contributed by atoms with E-state index in [-0.39, 0.29) is 12.1 Å². The summed E-state index contributed by atoms with van der Waals surface area (Å²) in [6, 6.07) is 8.44. The lowest BCUT2D eigenvalue weighted by Gasteiger charge is -2.08. The van der Waals surface area contributed by atoms with E-state index in [1.165, 1.54) is 17.2 Å². The molecule has 0 radical (unpaired) electrons. The summed E-state index contributed by atoms with van der Waals surface area (Å²) < 4.78 is 2.62. The molecule has 0 fully saturated rings. The second kappa shape index (κ2) is 6.32. The highest BCUT2D eigenvalue weighted by atomic mass is 16.2. The van der Waals surface area contributed by atoms with Crippen molar-refractivity contribution >= 4 is 22.8 Å². The van der Waals surface area contributed by atoms with Gasteiger partial charge in [0, 0.05) is 12.6 Å². The Morgan fingerprint density at radius 1 is 1.17 bits per heavy atom. The fourth-order valence-electron chi connectivity index (χ4n) is 2.16. The van der Waals surface area contributed by atoms with Gasteiger partial charge in [0.15, 0.2) is 5.65 Å². The van der Waals surface area contributed by atoms with Gasteiger partial charge in [-0.1, -0.05) is 18.2 Å². The zero-order valence-corrected chi connectivity index (χ0v) is 12.8. The molecule has 24 heavy (non-hydrogen) atoms. The highest BCUT2D eigenvalue weighted by Crippen LogP contribution is 2.02. The van der Waals surface area contributed by atoms with Gasteiger partial charge in [0.25, 0.3) is 17.4 Å². The van der Waals surface area contributed by atoms with Gasteiger partial charge < -0.3 is 0 Å². The van der Waals surface area contributed by atoms with Gasteiger partial charge in [-0.3, -0.25) is 34.5 Å². The van der Waals surface area contributed by atoms with Crippen molar-refractivity contribution in [2.75, 3.05) is 0 Å². The van der Waals surface area contributed by atoms with Gasteiger partial charge in [-0.25, -0.2) is 4.98 Å². The van der Waals surface area contributed by atoms with E-state index in [2.05, 4.69) is 20.9 Å². The Kier molecular flexibility index (Phi) is 4.06. The minimum Gasteiger partial charge on any atom is -0.289 e. The molecule has 9 nitrogen and oxygen atoms in total. The van der Waals surface area contributed by atoms with Crippen LogP contribution in [0.1, 0.15) is 10.4 Å². The summed E-state index contributed by atoms with van der Waals surface area (Å²) in [5.41, 5.74) is 5.02. The van der Waals surface area contributed by atoms with Crippen LogP contribution in [0.25, 0.3) is 11.0 Å². The molecule has 1 aromatic carbocycles. The van der Waals surface area contributed by atoms with E-state index < -0.39 is 11.8 Å². The molecular formula is C15H14N6O3. The fraction of sp³-hybridized carbons (Fsp3) is 0.133. The molecule has 3 aromatic rings. The minimum atomic E-state index is -0.550. The number of hydrogen-bond acceptors (Lipinski definition) is 5. The van der Waals surface area contributed by atoms with Crippen molar-refractivity contribution in [1.29, 1.82) is 0 Å². The molecule has 0 bridgehead atoms. The lowest BCUT2D eigenvalue weighted by Crippen LogP contribution is -2.44. The first-order valence-corrected chi connectivity index (χ1v) is 7.07. The molecule has 2 heterocycles. The number of fused-ring (bicyclic) bond motifs is 1. The van der Waals surface area contributed by atoms with Gasteiger partial charge in [-0.2, -0.15) is 5.10 Å². The Morgan fingerprint density at radius 2 is 1.92 bits per heavy atom. The molecule has 3 rings (SSSR count). The molecule has 2 N–H and O–H groups in total. The van der Waals surface area contributed by atoms with Gasteiger partial charge >= 0.3 is 0 Å². The maximum atomic E-state index is 12.2. The van der Waals surface area contributed by atoms with Crippen LogP contribution in [0.3, 0.4) is 0 Å². The Labute approximate surface area is 135 Å².